The molecule has 0 saturated carbocycles. The molecule has 1 fully saturated rings. The number of rotatable bonds is 4. The summed E-state index contributed by atoms with van der Waals surface area (Å²) in [5.41, 5.74) is 0.518. The molecule has 2 aromatic rings. The molecule has 1 aromatic heterocycles. The smallest absolute Gasteiger partial charge is 0.241 e. The van der Waals surface area contributed by atoms with Crippen LogP contribution in [0.25, 0.3) is 11.3 Å². The number of nitrogens with zero attached hydrogens (tertiary/aromatic N) is 1. The topological polar surface area (TPSA) is 84.2 Å². The van der Waals surface area contributed by atoms with Crippen molar-refractivity contribution in [3.8, 4) is 11.3 Å². The van der Waals surface area contributed by atoms with E-state index in [0.29, 0.717) is 11.3 Å². The standard InChI is InChI=1S/C15H19N3O3S.ClH/c1-11-13(6-4-9-16-11)18-22(19,20)15-7-3-2-5-12(15)14-8-10-17-21-14;/h2-3,5,7-8,10-11,13,16,18H,4,6,9H2,1H3;1H. The molecule has 0 amide bonds. The third-order valence-corrected chi connectivity index (χ3v) is 5.50. The zero-order valence-electron chi connectivity index (χ0n) is 12.7. The predicted molar refractivity (Wildman–Crippen MR) is 90.0 cm³/mol. The first-order valence-electron chi connectivity index (χ1n) is 7.34. The monoisotopic (exact) mass is 357 g/mol. The van der Waals surface area contributed by atoms with Crippen LogP contribution in [0.15, 0.2) is 45.9 Å². The summed E-state index contributed by atoms with van der Waals surface area (Å²) >= 11 is 0. The summed E-state index contributed by atoms with van der Waals surface area (Å²) < 4.78 is 33.4. The van der Waals surface area contributed by atoms with Gasteiger partial charge in [0.2, 0.25) is 10.0 Å². The Labute approximate surface area is 142 Å². The van der Waals surface area contributed by atoms with Gasteiger partial charge >= 0.3 is 0 Å². The van der Waals surface area contributed by atoms with Gasteiger partial charge in [-0.25, -0.2) is 13.1 Å². The first-order valence-corrected chi connectivity index (χ1v) is 8.82. The van der Waals surface area contributed by atoms with E-state index in [9.17, 15) is 8.42 Å². The summed E-state index contributed by atoms with van der Waals surface area (Å²) in [5, 5.41) is 6.94. The van der Waals surface area contributed by atoms with Gasteiger partial charge in [0, 0.05) is 23.7 Å². The van der Waals surface area contributed by atoms with Crippen molar-refractivity contribution in [2.24, 2.45) is 0 Å². The second-order valence-corrected chi connectivity index (χ2v) is 7.17. The lowest BCUT2D eigenvalue weighted by atomic mass is 10.0. The van der Waals surface area contributed by atoms with E-state index in [4.69, 9.17) is 4.52 Å². The Morgan fingerprint density at radius 2 is 2.09 bits per heavy atom. The van der Waals surface area contributed by atoms with Gasteiger partial charge in [-0.1, -0.05) is 17.3 Å². The van der Waals surface area contributed by atoms with Crippen LogP contribution in [-0.2, 0) is 10.0 Å². The number of sulfonamides is 1. The van der Waals surface area contributed by atoms with Crippen molar-refractivity contribution >= 4 is 22.4 Å². The van der Waals surface area contributed by atoms with Gasteiger partial charge in [0.25, 0.3) is 0 Å². The van der Waals surface area contributed by atoms with E-state index in [-0.39, 0.29) is 29.4 Å². The predicted octanol–water partition coefficient (Wildman–Crippen LogP) is 2.18. The average Bonchev–Trinajstić information content (AvgIpc) is 3.04. The molecule has 0 aliphatic carbocycles. The summed E-state index contributed by atoms with van der Waals surface area (Å²) in [4.78, 5) is 0.213. The molecular weight excluding hydrogens is 338 g/mol. The fraction of sp³-hybridized carbons (Fsp3) is 0.400. The molecule has 2 heterocycles. The number of nitrogens with one attached hydrogen (secondary N) is 2. The Morgan fingerprint density at radius 3 is 2.78 bits per heavy atom. The van der Waals surface area contributed by atoms with E-state index < -0.39 is 10.0 Å². The highest BCUT2D eigenvalue weighted by molar-refractivity contribution is 7.89. The lowest BCUT2D eigenvalue weighted by Gasteiger charge is -2.30. The fourth-order valence-electron chi connectivity index (χ4n) is 2.73. The van der Waals surface area contributed by atoms with Gasteiger partial charge in [0.15, 0.2) is 5.76 Å². The van der Waals surface area contributed by atoms with Gasteiger partial charge < -0.3 is 9.84 Å². The van der Waals surface area contributed by atoms with E-state index in [1.54, 1.807) is 30.3 Å². The van der Waals surface area contributed by atoms with Gasteiger partial charge in [-0.05, 0) is 38.4 Å². The summed E-state index contributed by atoms with van der Waals surface area (Å²) in [6.45, 7) is 2.92. The molecule has 1 aromatic carbocycles. The van der Waals surface area contributed by atoms with Crippen LogP contribution in [0.1, 0.15) is 19.8 Å². The molecule has 2 unspecified atom stereocenters. The minimum atomic E-state index is -3.63. The molecule has 3 rings (SSSR count). The maximum Gasteiger partial charge on any atom is 0.241 e. The van der Waals surface area contributed by atoms with Gasteiger partial charge in [0.05, 0.1) is 11.1 Å². The highest BCUT2D eigenvalue weighted by Gasteiger charge is 2.28. The highest BCUT2D eigenvalue weighted by atomic mass is 35.5. The minimum absolute atomic E-state index is 0. The Bertz CT molecular complexity index is 734. The molecule has 2 N–H and O–H groups in total. The first-order chi connectivity index (χ1) is 10.6. The summed E-state index contributed by atoms with van der Waals surface area (Å²) in [5.74, 6) is 0.441. The molecule has 1 aliphatic heterocycles. The first kappa shape index (κ1) is 17.9. The molecule has 126 valence electrons. The zero-order valence-corrected chi connectivity index (χ0v) is 14.4. The molecule has 6 nitrogen and oxygen atoms in total. The molecule has 0 radical (unpaired) electrons. The number of halogens is 1. The number of aromatic nitrogens is 1. The Morgan fingerprint density at radius 1 is 1.30 bits per heavy atom. The fourth-order valence-corrected chi connectivity index (χ4v) is 4.29. The molecule has 1 saturated heterocycles. The Balaban J connectivity index is 0.00000192. The SMILES string of the molecule is CC1NCCCC1NS(=O)(=O)c1ccccc1-c1ccno1.Cl. The van der Waals surface area contributed by atoms with E-state index >= 15 is 0 Å². The largest absolute Gasteiger partial charge is 0.356 e. The summed E-state index contributed by atoms with van der Waals surface area (Å²) in [6.07, 6.45) is 3.29. The molecule has 0 bridgehead atoms. The van der Waals surface area contributed by atoms with Crippen LogP contribution in [0.5, 0.6) is 0 Å². The van der Waals surface area contributed by atoms with Crippen molar-refractivity contribution in [2.45, 2.75) is 36.7 Å². The highest BCUT2D eigenvalue weighted by Crippen LogP contribution is 2.27. The van der Waals surface area contributed by atoms with Gasteiger partial charge in [-0.3, -0.25) is 0 Å². The van der Waals surface area contributed by atoms with E-state index in [1.807, 2.05) is 6.92 Å². The second-order valence-electron chi connectivity index (χ2n) is 5.49. The van der Waals surface area contributed by atoms with Crippen molar-refractivity contribution < 1.29 is 12.9 Å². The van der Waals surface area contributed by atoms with Gasteiger partial charge in [0.1, 0.15) is 0 Å². The second kappa shape index (κ2) is 7.44. The number of piperidine rings is 1. The molecule has 0 spiro atoms. The maximum atomic E-state index is 12.8. The van der Waals surface area contributed by atoms with Crippen molar-refractivity contribution in [2.75, 3.05) is 6.54 Å². The molecule has 2 atom stereocenters. The van der Waals surface area contributed by atoms with Crippen LogP contribution >= 0.6 is 12.4 Å². The Hall–Kier alpha value is -1.41. The van der Waals surface area contributed by atoms with Crippen LogP contribution in [-0.4, -0.2) is 32.2 Å². The van der Waals surface area contributed by atoms with Crippen molar-refractivity contribution in [3.63, 3.8) is 0 Å². The van der Waals surface area contributed by atoms with Gasteiger partial charge in [-0.2, -0.15) is 0 Å². The zero-order chi connectivity index (χ0) is 15.6. The van der Waals surface area contributed by atoms with Crippen molar-refractivity contribution in [1.29, 1.82) is 0 Å². The number of hydrogen-bond donors (Lipinski definition) is 2. The van der Waals surface area contributed by atoms with Crippen LogP contribution < -0.4 is 10.0 Å². The van der Waals surface area contributed by atoms with Crippen molar-refractivity contribution in [1.82, 2.24) is 15.2 Å². The van der Waals surface area contributed by atoms with Gasteiger partial charge in [-0.15, -0.1) is 12.4 Å². The maximum absolute atomic E-state index is 12.8. The lowest BCUT2D eigenvalue weighted by Crippen LogP contribution is -2.51. The molecular formula is C15H20ClN3O3S. The summed E-state index contributed by atoms with van der Waals surface area (Å²) in [6, 6.07) is 8.44. The lowest BCUT2D eigenvalue weighted by molar-refractivity contribution is 0.349. The van der Waals surface area contributed by atoms with Crippen LogP contribution in [0.4, 0.5) is 0 Å². The quantitative estimate of drug-likeness (QED) is 0.876. The van der Waals surface area contributed by atoms with Crippen LogP contribution in [0.2, 0.25) is 0 Å². The van der Waals surface area contributed by atoms with Crippen LogP contribution in [0.3, 0.4) is 0 Å². The number of hydrogen-bond acceptors (Lipinski definition) is 5. The average molecular weight is 358 g/mol. The van der Waals surface area contributed by atoms with Crippen molar-refractivity contribution in [3.05, 3.63) is 36.5 Å². The van der Waals surface area contributed by atoms with E-state index in [2.05, 4.69) is 15.2 Å². The summed E-state index contributed by atoms with van der Waals surface area (Å²) in [7, 11) is -3.63. The third kappa shape index (κ3) is 3.92. The third-order valence-electron chi connectivity index (χ3n) is 3.95. The normalized spacial score (nSPS) is 21.6. The molecule has 23 heavy (non-hydrogen) atoms. The molecule has 8 heteroatoms. The molecule has 1 aliphatic rings. The van der Waals surface area contributed by atoms with E-state index in [0.717, 1.165) is 19.4 Å². The Kier molecular flexibility index (Phi) is 5.80. The number of benzene rings is 1. The minimum Gasteiger partial charge on any atom is -0.356 e. The van der Waals surface area contributed by atoms with E-state index in [1.165, 1.54) is 6.20 Å². The van der Waals surface area contributed by atoms with Crippen LogP contribution in [0, 0.1) is 0 Å².